The predicted molar refractivity (Wildman–Crippen MR) is 120 cm³/mol. The van der Waals surface area contributed by atoms with Gasteiger partial charge in [0.05, 0.1) is 5.56 Å². The molecule has 4 nitrogen and oxygen atoms in total. The normalized spacial score (nSPS) is 12.7. The van der Waals surface area contributed by atoms with E-state index in [1.165, 1.54) is 10.8 Å². The average molecular weight is 392 g/mol. The van der Waals surface area contributed by atoms with Crippen LogP contribution in [0.5, 0.6) is 11.5 Å². The van der Waals surface area contributed by atoms with Crippen LogP contribution in [0.25, 0.3) is 28.1 Å². The highest BCUT2D eigenvalue weighted by molar-refractivity contribution is 5.90. The molecule has 30 heavy (non-hydrogen) atoms. The quantitative estimate of drug-likeness (QED) is 0.314. The molecule has 0 radical (unpaired) electrons. The van der Waals surface area contributed by atoms with E-state index >= 15 is 0 Å². The summed E-state index contributed by atoms with van der Waals surface area (Å²) in [5, 5.41) is 20.2. The van der Waals surface area contributed by atoms with Crippen molar-refractivity contribution < 1.29 is 14.9 Å². The molecular weight excluding hydrogens is 372 g/mol. The van der Waals surface area contributed by atoms with Gasteiger partial charge in [-0.25, -0.2) is 4.70 Å². The second kappa shape index (κ2) is 8.45. The van der Waals surface area contributed by atoms with E-state index in [1.54, 1.807) is 12.1 Å². The number of phenols is 2. The molecule has 1 heterocycles. The molecule has 0 unspecified atom stereocenters. The van der Waals surface area contributed by atoms with Crippen molar-refractivity contribution >= 4 is 22.5 Å². The van der Waals surface area contributed by atoms with Crippen molar-refractivity contribution in [2.75, 3.05) is 0 Å². The zero-order valence-electron chi connectivity index (χ0n) is 16.2. The van der Waals surface area contributed by atoms with Crippen LogP contribution in [0.1, 0.15) is 11.1 Å². The van der Waals surface area contributed by atoms with Crippen molar-refractivity contribution in [3.63, 3.8) is 0 Å². The molecule has 0 aromatic heterocycles. The average Bonchev–Trinajstić information content (AvgIpc) is 3.46. The van der Waals surface area contributed by atoms with Gasteiger partial charge < -0.3 is 15.7 Å². The monoisotopic (exact) mass is 392 g/mol. The SMILES string of the molecule is Oc1ccc2ccccc2c1O.[N-]=[N+]1C(C=Cc2ccccc2)=C1c1ccccc1. The first-order valence-electron chi connectivity index (χ1n) is 9.56. The number of allylic oxidation sites excluding steroid dienone is 1. The van der Waals surface area contributed by atoms with E-state index < -0.39 is 0 Å². The van der Waals surface area contributed by atoms with E-state index in [-0.39, 0.29) is 11.5 Å². The topological polar surface area (TPSA) is 65.8 Å². The van der Waals surface area contributed by atoms with E-state index in [9.17, 15) is 10.6 Å². The molecule has 0 saturated carbocycles. The van der Waals surface area contributed by atoms with Crippen LogP contribution in [0.15, 0.2) is 109 Å². The number of nitrogens with zero attached hydrogens (tertiary/aromatic N) is 2. The van der Waals surface area contributed by atoms with Crippen LogP contribution in [0.2, 0.25) is 0 Å². The van der Waals surface area contributed by atoms with Gasteiger partial charge in [0, 0.05) is 11.5 Å². The fourth-order valence-electron chi connectivity index (χ4n) is 3.17. The van der Waals surface area contributed by atoms with Crippen molar-refractivity contribution in [3.8, 4) is 11.5 Å². The molecule has 5 rings (SSSR count). The highest BCUT2D eigenvalue weighted by Gasteiger charge is 2.36. The summed E-state index contributed by atoms with van der Waals surface area (Å²) in [6, 6.07) is 30.5. The van der Waals surface area contributed by atoms with Crippen LogP contribution in [0.3, 0.4) is 0 Å². The first-order chi connectivity index (χ1) is 14.6. The van der Waals surface area contributed by atoms with Crippen LogP contribution >= 0.6 is 0 Å². The molecule has 0 amide bonds. The fraction of sp³-hybridized carbons (Fsp3) is 0. The van der Waals surface area contributed by atoms with E-state index in [0.29, 0.717) is 5.39 Å². The lowest BCUT2D eigenvalue weighted by Gasteiger charge is -2.01. The Morgan fingerprint density at radius 3 is 2.03 bits per heavy atom. The zero-order valence-corrected chi connectivity index (χ0v) is 16.2. The zero-order chi connectivity index (χ0) is 20.9. The molecule has 4 heteroatoms. The number of phenolic OH excluding ortho intramolecular Hbond substituents is 2. The highest BCUT2D eigenvalue weighted by atomic mass is 16.3. The first kappa shape index (κ1) is 19.2. The number of rotatable bonds is 3. The van der Waals surface area contributed by atoms with Gasteiger partial charge in [-0.1, -0.05) is 78.9 Å². The molecule has 0 atom stereocenters. The van der Waals surface area contributed by atoms with Gasteiger partial charge >= 0.3 is 0 Å². The van der Waals surface area contributed by atoms with Gasteiger partial charge in [0.15, 0.2) is 11.5 Å². The van der Waals surface area contributed by atoms with Crippen LogP contribution in [-0.4, -0.2) is 14.9 Å². The second-order valence-electron chi connectivity index (χ2n) is 6.81. The van der Waals surface area contributed by atoms with Crippen LogP contribution in [0.4, 0.5) is 0 Å². The molecule has 1 aliphatic heterocycles. The summed E-state index contributed by atoms with van der Waals surface area (Å²) >= 11 is 0. The maximum atomic E-state index is 9.73. The first-order valence-corrected chi connectivity index (χ1v) is 9.56. The molecular formula is C26H20N2O2. The molecule has 4 aromatic carbocycles. The Morgan fingerprint density at radius 2 is 1.30 bits per heavy atom. The second-order valence-corrected chi connectivity index (χ2v) is 6.81. The number of hydrogen-bond donors (Lipinski definition) is 2. The van der Waals surface area contributed by atoms with E-state index in [0.717, 1.165) is 27.9 Å². The third kappa shape index (κ3) is 4.13. The molecule has 0 bridgehead atoms. The predicted octanol–water partition coefficient (Wildman–Crippen LogP) is 6.37. The Kier molecular flexibility index (Phi) is 5.39. The van der Waals surface area contributed by atoms with E-state index in [4.69, 9.17) is 5.11 Å². The van der Waals surface area contributed by atoms with E-state index in [1.807, 2.05) is 91.0 Å². The summed E-state index contributed by atoms with van der Waals surface area (Å²) in [6.07, 6.45) is 3.92. The number of aromatic hydroxyl groups is 2. The van der Waals surface area contributed by atoms with E-state index in [2.05, 4.69) is 0 Å². The maximum Gasteiger partial charge on any atom is 0.279 e. The molecule has 1 aliphatic rings. The summed E-state index contributed by atoms with van der Waals surface area (Å²) < 4.78 is 1.22. The number of hydrogen-bond acceptors (Lipinski definition) is 2. The van der Waals surface area contributed by atoms with Gasteiger partial charge in [0.1, 0.15) is 0 Å². The summed E-state index contributed by atoms with van der Waals surface area (Å²) in [4.78, 5) is 0. The third-order valence-electron chi connectivity index (χ3n) is 4.79. The summed E-state index contributed by atoms with van der Waals surface area (Å²) in [7, 11) is 0. The van der Waals surface area contributed by atoms with Crippen molar-refractivity contribution in [3.05, 3.63) is 125 Å². The van der Waals surface area contributed by atoms with Gasteiger partial charge in [-0.05, 0) is 35.2 Å². The minimum Gasteiger partial charge on any atom is -0.504 e. The minimum atomic E-state index is -0.0753. The highest BCUT2D eigenvalue weighted by Crippen LogP contribution is 2.36. The van der Waals surface area contributed by atoms with Gasteiger partial charge in [0.2, 0.25) is 0 Å². The van der Waals surface area contributed by atoms with Crippen LogP contribution < -0.4 is 0 Å². The Balaban J connectivity index is 0.000000158. The molecule has 0 fully saturated rings. The minimum absolute atomic E-state index is 0.0481. The lowest BCUT2D eigenvalue weighted by Crippen LogP contribution is -1.75. The number of fused-ring (bicyclic) bond motifs is 1. The Hall–Kier alpha value is -4.18. The number of benzene rings is 4. The molecule has 0 spiro atoms. The van der Waals surface area contributed by atoms with Crippen molar-refractivity contribution in [1.82, 2.24) is 0 Å². The van der Waals surface area contributed by atoms with Crippen molar-refractivity contribution in [2.45, 2.75) is 0 Å². The Labute approximate surface area is 174 Å². The fourth-order valence-corrected chi connectivity index (χ4v) is 3.17. The molecule has 4 aromatic rings. The Morgan fingerprint density at radius 1 is 0.667 bits per heavy atom. The van der Waals surface area contributed by atoms with Gasteiger partial charge in [0.25, 0.3) is 11.4 Å². The smallest absolute Gasteiger partial charge is 0.279 e. The van der Waals surface area contributed by atoms with Crippen molar-refractivity contribution in [1.29, 1.82) is 0 Å². The summed E-state index contributed by atoms with van der Waals surface area (Å²) in [5.74, 6) is -0.123. The van der Waals surface area contributed by atoms with Crippen LogP contribution in [0, 0.1) is 0 Å². The third-order valence-corrected chi connectivity index (χ3v) is 4.79. The van der Waals surface area contributed by atoms with Crippen LogP contribution in [-0.2, 0) is 0 Å². The van der Waals surface area contributed by atoms with Gasteiger partial charge in [-0.3, -0.25) is 0 Å². The van der Waals surface area contributed by atoms with Gasteiger partial charge in [-0.2, -0.15) is 0 Å². The lowest BCUT2D eigenvalue weighted by atomic mass is 10.1. The summed E-state index contributed by atoms with van der Waals surface area (Å²) in [5.41, 5.74) is 13.6. The lowest BCUT2D eigenvalue weighted by molar-refractivity contribution is -0.310. The standard InChI is InChI=1S/C16H12N2.C10H8O2/c17-18-15(12-11-13-7-3-1-4-8-13)16(18)14-9-5-2-6-10-14;11-9-6-5-7-3-1-2-4-8(7)10(9)12/h1-12H;1-6,11-12H. The van der Waals surface area contributed by atoms with Crippen molar-refractivity contribution in [2.24, 2.45) is 0 Å². The molecule has 2 N–H and O–H groups in total. The maximum absolute atomic E-state index is 9.73. The molecule has 146 valence electrons. The van der Waals surface area contributed by atoms with Gasteiger partial charge in [-0.15, -0.1) is 0 Å². The molecule has 0 aliphatic carbocycles. The largest absolute Gasteiger partial charge is 0.504 e. The Bertz CT molecular complexity index is 1260. The molecule has 0 saturated heterocycles. The summed E-state index contributed by atoms with van der Waals surface area (Å²) in [6.45, 7) is 0.